The third-order valence-corrected chi connectivity index (χ3v) is 6.05. The normalized spacial score (nSPS) is 22.0. The third kappa shape index (κ3) is 2.90. The van der Waals surface area contributed by atoms with E-state index < -0.39 is 0 Å². The molecular formula is C21H22N2O2S. The van der Waals surface area contributed by atoms with E-state index in [1.165, 1.54) is 5.56 Å². The first-order chi connectivity index (χ1) is 12.6. The van der Waals surface area contributed by atoms with Gasteiger partial charge in [0.05, 0.1) is 5.92 Å². The highest BCUT2D eigenvalue weighted by molar-refractivity contribution is 7.98. The average molecular weight is 366 g/mol. The zero-order chi connectivity index (χ0) is 18.3. The lowest BCUT2D eigenvalue weighted by Crippen LogP contribution is -2.41. The number of anilines is 2. The predicted molar refractivity (Wildman–Crippen MR) is 106 cm³/mol. The maximum absolute atomic E-state index is 13.2. The van der Waals surface area contributed by atoms with Crippen molar-refractivity contribution in [2.24, 2.45) is 5.92 Å². The second-order valence-electron chi connectivity index (χ2n) is 6.99. The monoisotopic (exact) mass is 366 g/mol. The minimum Gasteiger partial charge on any atom is -0.312 e. The molecule has 2 heterocycles. The summed E-state index contributed by atoms with van der Waals surface area (Å²) >= 11 is 1.67. The summed E-state index contributed by atoms with van der Waals surface area (Å²) in [5.41, 5.74) is 3.08. The first-order valence-corrected chi connectivity index (χ1v) is 10.2. The average Bonchev–Trinajstić information content (AvgIpc) is 3.20. The molecule has 5 heteroatoms. The van der Waals surface area contributed by atoms with Crippen molar-refractivity contribution in [2.45, 2.75) is 30.7 Å². The molecule has 0 bridgehead atoms. The van der Waals surface area contributed by atoms with Crippen molar-refractivity contribution in [2.75, 3.05) is 22.6 Å². The summed E-state index contributed by atoms with van der Waals surface area (Å²) in [6, 6.07) is 16.2. The Kier molecular flexibility index (Phi) is 4.49. The van der Waals surface area contributed by atoms with Gasteiger partial charge in [0.15, 0.2) is 0 Å². The van der Waals surface area contributed by atoms with E-state index in [1.54, 1.807) is 16.7 Å². The molecule has 4 nitrogen and oxygen atoms in total. The summed E-state index contributed by atoms with van der Waals surface area (Å²) in [4.78, 5) is 30.5. The van der Waals surface area contributed by atoms with Crippen LogP contribution in [0.25, 0.3) is 0 Å². The highest BCUT2D eigenvalue weighted by Crippen LogP contribution is 2.35. The molecule has 2 atom stereocenters. The number of hydrogen-bond donors (Lipinski definition) is 0. The minimum atomic E-state index is -0.281. The number of thioether (sulfide) groups is 1. The molecule has 2 aliphatic rings. The van der Waals surface area contributed by atoms with Crippen LogP contribution in [0.2, 0.25) is 0 Å². The van der Waals surface area contributed by atoms with Gasteiger partial charge < -0.3 is 9.80 Å². The highest BCUT2D eigenvalue weighted by Gasteiger charge is 2.40. The topological polar surface area (TPSA) is 40.6 Å². The summed E-state index contributed by atoms with van der Waals surface area (Å²) in [6.45, 7) is 2.54. The van der Waals surface area contributed by atoms with E-state index in [9.17, 15) is 9.59 Å². The molecule has 0 aliphatic carbocycles. The first-order valence-electron chi connectivity index (χ1n) is 8.94. The number of hydrogen-bond acceptors (Lipinski definition) is 3. The Morgan fingerprint density at radius 1 is 1.08 bits per heavy atom. The highest BCUT2D eigenvalue weighted by atomic mass is 32.2. The number of para-hydroxylation sites is 1. The van der Waals surface area contributed by atoms with Crippen molar-refractivity contribution < 1.29 is 9.59 Å². The van der Waals surface area contributed by atoms with Gasteiger partial charge in [0.25, 0.3) is 0 Å². The van der Waals surface area contributed by atoms with Gasteiger partial charge in [-0.3, -0.25) is 9.59 Å². The number of fused-ring (bicyclic) bond motifs is 1. The Hall–Kier alpha value is -2.27. The standard InChI is InChI=1S/C21H22N2O2S/c1-14-11-15-5-3-4-6-19(15)23(14)21(25)16-12-20(24)22(13-16)17-7-9-18(26-2)10-8-17/h3-10,14,16H,11-13H2,1-2H3. The van der Waals surface area contributed by atoms with E-state index in [2.05, 4.69) is 13.0 Å². The Morgan fingerprint density at radius 2 is 1.81 bits per heavy atom. The summed E-state index contributed by atoms with van der Waals surface area (Å²) in [7, 11) is 0. The molecule has 2 aromatic carbocycles. The van der Waals surface area contributed by atoms with E-state index in [1.807, 2.05) is 53.6 Å². The van der Waals surface area contributed by atoms with Crippen LogP contribution >= 0.6 is 11.8 Å². The van der Waals surface area contributed by atoms with Gasteiger partial charge in [-0.05, 0) is 55.5 Å². The van der Waals surface area contributed by atoms with Crippen LogP contribution in [0.3, 0.4) is 0 Å². The Balaban J connectivity index is 1.54. The van der Waals surface area contributed by atoms with Crippen molar-refractivity contribution in [1.29, 1.82) is 0 Å². The van der Waals surface area contributed by atoms with Gasteiger partial charge in [-0.15, -0.1) is 11.8 Å². The Bertz CT molecular complexity index is 849. The number of benzene rings is 2. The molecule has 0 N–H and O–H groups in total. The van der Waals surface area contributed by atoms with Crippen molar-refractivity contribution in [3.8, 4) is 0 Å². The van der Waals surface area contributed by atoms with Crippen molar-refractivity contribution in [1.82, 2.24) is 0 Å². The number of nitrogens with zero attached hydrogens (tertiary/aromatic N) is 2. The van der Waals surface area contributed by atoms with Crippen LogP contribution < -0.4 is 9.80 Å². The van der Waals surface area contributed by atoms with Crippen molar-refractivity contribution in [3.05, 3.63) is 54.1 Å². The van der Waals surface area contributed by atoms with Gasteiger partial charge in [0, 0.05) is 35.3 Å². The smallest absolute Gasteiger partial charge is 0.232 e. The number of amides is 2. The number of rotatable bonds is 3. The Morgan fingerprint density at radius 3 is 2.54 bits per heavy atom. The van der Waals surface area contributed by atoms with E-state index in [-0.39, 0.29) is 30.2 Å². The van der Waals surface area contributed by atoms with Crippen LogP contribution in [-0.4, -0.2) is 30.7 Å². The molecule has 4 rings (SSSR count). The SMILES string of the molecule is CSc1ccc(N2CC(C(=O)N3c4ccccc4CC3C)CC2=O)cc1. The number of carbonyl (C=O) groups is 2. The fraction of sp³-hybridized carbons (Fsp3) is 0.333. The van der Waals surface area contributed by atoms with Crippen molar-refractivity contribution >= 4 is 35.0 Å². The second-order valence-corrected chi connectivity index (χ2v) is 7.87. The van der Waals surface area contributed by atoms with Crippen LogP contribution in [0.4, 0.5) is 11.4 Å². The zero-order valence-electron chi connectivity index (χ0n) is 15.0. The summed E-state index contributed by atoms with van der Waals surface area (Å²) in [5.74, 6) is -0.184. The lowest BCUT2D eigenvalue weighted by molar-refractivity contribution is -0.124. The van der Waals surface area contributed by atoms with Gasteiger partial charge in [0.2, 0.25) is 11.8 Å². The van der Waals surface area contributed by atoms with Crippen LogP contribution in [0.15, 0.2) is 53.4 Å². The molecule has 2 aromatic rings. The van der Waals surface area contributed by atoms with Crippen LogP contribution in [0.1, 0.15) is 18.9 Å². The zero-order valence-corrected chi connectivity index (χ0v) is 15.8. The second kappa shape index (κ2) is 6.80. The van der Waals surface area contributed by atoms with Crippen molar-refractivity contribution in [3.63, 3.8) is 0 Å². The summed E-state index contributed by atoms with van der Waals surface area (Å²) < 4.78 is 0. The van der Waals surface area contributed by atoms with Gasteiger partial charge in [0.1, 0.15) is 0 Å². The molecule has 2 aliphatic heterocycles. The molecule has 1 saturated heterocycles. The number of carbonyl (C=O) groups excluding carboxylic acids is 2. The fourth-order valence-electron chi connectivity index (χ4n) is 3.98. The van der Waals surface area contributed by atoms with E-state index in [4.69, 9.17) is 0 Å². The quantitative estimate of drug-likeness (QED) is 0.777. The maximum Gasteiger partial charge on any atom is 0.232 e. The molecule has 0 radical (unpaired) electrons. The van der Waals surface area contributed by atoms with Crippen LogP contribution in [-0.2, 0) is 16.0 Å². The molecule has 0 saturated carbocycles. The molecule has 26 heavy (non-hydrogen) atoms. The van der Waals surface area contributed by atoms with Crippen LogP contribution in [0, 0.1) is 5.92 Å². The first kappa shape index (κ1) is 17.2. The summed E-state index contributed by atoms with van der Waals surface area (Å²) in [5, 5.41) is 0. The van der Waals surface area contributed by atoms with Gasteiger partial charge >= 0.3 is 0 Å². The lowest BCUT2D eigenvalue weighted by atomic mass is 10.1. The summed E-state index contributed by atoms with van der Waals surface area (Å²) in [6.07, 6.45) is 3.19. The predicted octanol–water partition coefficient (Wildman–Crippen LogP) is 3.74. The largest absolute Gasteiger partial charge is 0.312 e. The van der Waals surface area contributed by atoms with Crippen LogP contribution in [0.5, 0.6) is 0 Å². The van der Waals surface area contributed by atoms with Gasteiger partial charge in [-0.25, -0.2) is 0 Å². The van der Waals surface area contributed by atoms with E-state index in [0.717, 1.165) is 22.7 Å². The lowest BCUT2D eigenvalue weighted by Gasteiger charge is -2.26. The van der Waals surface area contributed by atoms with Gasteiger partial charge in [-0.1, -0.05) is 18.2 Å². The molecule has 2 amide bonds. The third-order valence-electron chi connectivity index (χ3n) is 5.30. The Labute approximate surface area is 158 Å². The minimum absolute atomic E-state index is 0.0281. The van der Waals surface area contributed by atoms with E-state index >= 15 is 0 Å². The molecule has 0 aromatic heterocycles. The molecule has 134 valence electrons. The molecular weight excluding hydrogens is 344 g/mol. The maximum atomic E-state index is 13.2. The molecule has 0 spiro atoms. The van der Waals surface area contributed by atoms with E-state index in [0.29, 0.717) is 6.54 Å². The fourth-order valence-corrected chi connectivity index (χ4v) is 4.39. The van der Waals surface area contributed by atoms with Gasteiger partial charge in [-0.2, -0.15) is 0 Å². The molecule has 1 fully saturated rings. The molecule has 2 unspecified atom stereocenters.